The summed E-state index contributed by atoms with van der Waals surface area (Å²) in [5, 5.41) is 13.9. The molecule has 1 atom stereocenters. The number of hydrogen-bond donors (Lipinski definition) is 3. The molecule has 0 heterocycles. The molecule has 0 aromatic rings. The second kappa shape index (κ2) is 9.85. The summed E-state index contributed by atoms with van der Waals surface area (Å²) < 4.78 is 0. The van der Waals surface area contributed by atoms with Crippen LogP contribution in [0.15, 0.2) is 0 Å². The summed E-state index contributed by atoms with van der Waals surface area (Å²) in [7, 11) is 0. The van der Waals surface area contributed by atoms with E-state index in [2.05, 4.69) is 29.4 Å². The first-order valence-electron chi connectivity index (χ1n) is 6.47. The smallest absolute Gasteiger partial charge is 0.309 e. The molecule has 0 saturated heterocycles. The van der Waals surface area contributed by atoms with Crippen molar-refractivity contribution in [2.24, 2.45) is 0 Å². The van der Waals surface area contributed by atoms with Gasteiger partial charge in [0.1, 0.15) is 0 Å². The molecular weight excluding hydrogens is 234 g/mol. The number of carbonyl (C=O) groups excluding carboxylic acids is 2. The van der Waals surface area contributed by atoms with Gasteiger partial charge in [-0.1, -0.05) is 13.8 Å². The van der Waals surface area contributed by atoms with Crippen molar-refractivity contribution in [3.63, 3.8) is 0 Å². The first kappa shape index (κ1) is 16.9. The Morgan fingerprint density at radius 3 is 2.22 bits per heavy atom. The van der Waals surface area contributed by atoms with Crippen LogP contribution in [0.1, 0.15) is 27.2 Å². The molecule has 0 saturated carbocycles. The van der Waals surface area contributed by atoms with Crippen molar-refractivity contribution in [1.82, 2.24) is 15.5 Å². The first-order valence-corrected chi connectivity index (χ1v) is 6.47. The van der Waals surface area contributed by atoms with Gasteiger partial charge in [0.15, 0.2) is 0 Å². The van der Waals surface area contributed by atoms with Crippen LogP contribution in [0.2, 0.25) is 0 Å². The fourth-order valence-electron chi connectivity index (χ4n) is 1.45. The zero-order valence-electron chi connectivity index (χ0n) is 11.5. The molecule has 0 aromatic heterocycles. The van der Waals surface area contributed by atoms with Crippen LogP contribution in [0.4, 0.5) is 0 Å². The Labute approximate surface area is 109 Å². The molecule has 106 valence electrons. The van der Waals surface area contributed by atoms with Gasteiger partial charge in [0.2, 0.25) is 0 Å². The quantitative estimate of drug-likeness (QED) is 0.399. The Kier molecular flexibility index (Phi) is 9.22. The predicted octanol–water partition coefficient (Wildman–Crippen LogP) is -0.668. The first-order chi connectivity index (χ1) is 8.51. The molecule has 6 heteroatoms. The third-order valence-corrected chi connectivity index (χ3v) is 2.60. The summed E-state index contributed by atoms with van der Waals surface area (Å²) in [6.45, 7) is 9.17. The van der Waals surface area contributed by atoms with Gasteiger partial charge in [0.25, 0.3) is 0 Å². The monoisotopic (exact) mass is 259 g/mol. The van der Waals surface area contributed by atoms with Gasteiger partial charge in [-0.25, -0.2) is 0 Å². The van der Waals surface area contributed by atoms with Crippen LogP contribution in [-0.2, 0) is 9.59 Å². The lowest BCUT2D eigenvalue weighted by Gasteiger charge is -2.17. The van der Waals surface area contributed by atoms with Gasteiger partial charge in [-0.2, -0.15) is 0 Å². The Balaban J connectivity index is 3.67. The standard InChI is InChI=1S/C12H25N3O3/c1-4-15(5-2)8-6-7-13-11(17)12(18)14-9-10(3)16/h10,16H,4-9H2,1-3H3,(H,13,17)(H,14,18). The Morgan fingerprint density at radius 1 is 1.17 bits per heavy atom. The van der Waals surface area contributed by atoms with E-state index >= 15 is 0 Å². The Hall–Kier alpha value is -1.14. The molecule has 1 unspecified atom stereocenters. The molecule has 3 N–H and O–H groups in total. The molecule has 0 rings (SSSR count). The maximum Gasteiger partial charge on any atom is 0.309 e. The normalized spacial score (nSPS) is 12.3. The average molecular weight is 259 g/mol. The second-order valence-corrected chi connectivity index (χ2v) is 4.20. The van der Waals surface area contributed by atoms with E-state index in [1.807, 2.05) is 0 Å². The summed E-state index contributed by atoms with van der Waals surface area (Å²) >= 11 is 0. The highest BCUT2D eigenvalue weighted by molar-refractivity contribution is 6.35. The van der Waals surface area contributed by atoms with Crippen LogP contribution in [0.5, 0.6) is 0 Å². The number of aliphatic hydroxyl groups is 1. The minimum atomic E-state index is -0.696. The minimum absolute atomic E-state index is 0.0890. The molecule has 6 nitrogen and oxygen atoms in total. The zero-order valence-corrected chi connectivity index (χ0v) is 11.5. The van der Waals surface area contributed by atoms with E-state index in [9.17, 15) is 9.59 Å². The molecule has 0 fully saturated rings. The molecule has 18 heavy (non-hydrogen) atoms. The summed E-state index contributed by atoms with van der Waals surface area (Å²) in [4.78, 5) is 24.8. The van der Waals surface area contributed by atoms with Crippen LogP contribution >= 0.6 is 0 Å². The number of aliphatic hydroxyl groups excluding tert-OH is 1. The molecular formula is C12H25N3O3. The lowest BCUT2D eigenvalue weighted by atomic mass is 10.3. The Morgan fingerprint density at radius 2 is 1.72 bits per heavy atom. The van der Waals surface area contributed by atoms with Crippen molar-refractivity contribution in [3.8, 4) is 0 Å². The van der Waals surface area contributed by atoms with Gasteiger partial charge < -0.3 is 20.6 Å². The number of rotatable bonds is 8. The number of carbonyl (C=O) groups is 2. The zero-order chi connectivity index (χ0) is 14.0. The van der Waals surface area contributed by atoms with E-state index in [0.29, 0.717) is 6.54 Å². The van der Waals surface area contributed by atoms with E-state index < -0.39 is 17.9 Å². The van der Waals surface area contributed by atoms with Crippen LogP contribution in [-0.4, -0.2) is 60.6 Å². The summed E-state index contributed by atoms with van der Waals surface area (Å²) in [5.41, 5.74) is 0. The fraction of sp³-hybridized carbons (Fsp3) is 0.833. The number of amides is 2. The van der Waals surface area contributed by atoms with Gasteiger partial charge in [0.05, 0.1) is 6.10 Å². The number of hydrogen-bond acceptors (Lipinski definition) is 4. The highest BCUT2D eigenvalue weighted by atomic mass is 16.3. The van der Waals surface area contributed by atoms with Crippen LogP contribution in [0, 0.1) is 0 Å². The van der Waals surface area contributed by atoms with E-state index in [1.54, 1.807) is 6.92 Å². The van der Waals surface area contributed by atoms with E-state index in [4.69, 9.17) is 5.11 Å². The SMILES string of the molecule is CCN(CC)CCCNC(=O)C(=O)NCC(C)O. The predicted molar refractivity (Wildman–Crippen MR) is 70.1 cm³/mol. The number of nitrogens with one attached hydrogen (secondary N) is 2. The molecule has 0 aromatic carbocycles. The molecule has 0 aliphatic heterocycles. The highest BCUT2D eigenvalue weighted by Crippen LogP contribution is 1.89. The van der Waals surface area contributed by atoms with E-state index in [-0.39, 0.29) is 6.54 Å². The van der Waals surface area contributed by atoms with Crippen molar-refractivity contribution >= 4 is 11.8 Å². The van der Waals surface area contributed by atoms with Gasteiger partial charge in [-0.05, 0) is 33.0 Å². The van der Waals surface area contributed by atoms with Crippen molar-refractivity contribution in [3.05, 3.63) is 0 Å². The van der Waals surface area contributed by atoms with Crippen molar-refractivity contribution < 1.29 is 14.7 Å². The van der Waals surface area contributed by atoms with E-state index in [0.717, 1.165) is 26.1 Å². The van der Waals surface area contributed by atoms with Crippen LogP contribution in [0.25, 0.3) is 0 Å². The average Bonchev–Trinajstić information content (AvgIpc) is 2.35. The van der Waals surface area contributed by atoms with Crippen LogP contribution in [0.3, 0.4) is 0 Å². The number of nitrogens with zero attached hydrogens (tertiary/aromatic N) is 1. The summed E-state index contributed by atoms with van der Waals surface area (Å²) in [6.07, 6.45) is 0.168. The van der Waals surface area contributed by atoms with Crippen molar-refractivity contribution in [1.29, 1.82) is 0 Å². The molecule has 0 radical (unpaired) electrons. The Bertz CT molecular complexity index is 253. The van der Waals surface area contributed by atoms with Crippen molar-refractivity contribution in [2.45, 2.75) is 33.3 Å². The van der Waals surface area contributed by atoms with Gasteiger partial charge in [-0.3, -0.25) is 9.59 Å². The lowest BCUT2D eigenvalue weighted by Crippen LogP contribution is -2.43. The molecule has 2 amide bonds. The maximum atomic E-state index is 11.3. The van der Waals surface area contributed by atoms with Crippen molar-refractivity contribution in [2.75, 3.05) is 32.7 Å². The topological polar surface area (TPSA) is 81.7 Å². The minimum Gasteiger partial charge on any atom is -0.392 e. The second-order valence-electron chi connectivity index (χ2n) is 4.20. The van der Waals surface area contributed by atoms with Crippen LogP contribution < -0.4 is 10.6 Å². The third-order valence-electron chi connectivity index (χ3n) is 2.60. The largest absolute Gasteiger partial charge is 0.392 e. The molecule has 0 aliphatic rings. The molecule has 0 spiro atoms. The van der Waals surface area contributed by atoms with E-state index in [1.165, 1.54) is 0 Å². The third kappa shape index (κ3) is 8.03. The molecule has 0 bridgehead atoms. The summed E-state index contributed by atoms with van der Waals surface area (Å²) in [5.74, 6) is -1.34. The highest BCUT2D eigenvalue weighted by Gasteiger charge is 2.12. The molecule has 0 aliphatic carbocycles. The van der Waals surface area contributed by atoms with Gasteiger partial charge in [-0.15, -0.1) is 0 Å². The maximum absolute atomic E-state index is 11.3. The van der Waals surface area contributed by atoms with Gasteiger partial charge >= 0.3 is 11.8 Å². The lowest BCUT2D eigenvalue weighted by molar-refractivity contribution is -0.139. The van der Waals surface area contributed by atoms with Gasteiger partial charge in [0, 0.05) is 13.1 Å². The summed E-state index contributed by atoms with van der Waals surface area (Å²) in [6, 6.07) is 0. The fourth-order valence-corrected chi connectivity index (χ4v) is 1.45.